The fourth-order valence-electron chi connectivity index (χ4n) is 2.95. The van der Waals surface area contributed by atoms with E-state index in [1.165, 1.54) is 0 Å². The van der Waals surface area contributed by atoms with Crippen LogP contribution in [0.4, 0.5) is 5.13 Å². The van der Waals surface area contributed by atoms with Gasteiger partial charge >= 0.3 is 0 Å². The van der Waals surface area contributed by atoms with E-state index in [2.05, 4.69) is 21.8 Å². The Kier molecular flexibility index (Phi) is 4.17. The molecule has 4 heterocycles. The molecule has 4 rings (SSSR count). The van der Waals surface area contributed by atoms with Crippen LogP contribution in [0.5, 0.6) is 0 Å². The number of morpholine rings is 1. The Morgan fingerprint density at radius 2 is 2.33 bits per heavy atom. The minimum atomic E-state index is 0.0703. The maximum absolute atomic E-state index is 5.89. The van der Waals surface area contributed by atoms with Crippen molar-refractivity contribution in [2.45, 2.75) is 19.1 Å². The van der Waals surface area contributed by atoms with Crippen molar-refractivity contribution in [3.63, 3.8) is 0 Å². The molecular weight excluding hydrogens is 326 g/mol. The molecule has 8 heteroatoms. The molecule has 7 nitrogen and oxygen atoms in total. The number of aromatic nitrogens is 4. The topological polar surface area (TPSA) is 64.8 Å². The predicted molar refractivity (Wildman–Crippen MR) is 92.5 cm³/mol. The first-order valence-electron chi connectivity index (χ1n) is 7.89. The van der Waals surface area contributed by atoms with Gasteiger partial charge in [-0.3, -0.25) is 4.98 Å². The zero-order valence-corrected chi connectivity index (χ0v) is 14.4. The summed E-state index contributed by atoms with van der Waals surface area (Å²) in [5.41, 5.74) is 1.89. The smallest absolute Gasteiger partial charge is 0.214 e. The minimum absolute atomic E-state index is 0.0703. The lowest BCUT2D eigenvalue weighted by Gasteiger charge is -2.36. The van der Waals surface area contributed by atoms with Crippen molar-refractivity contribution in [1.29, 1.82) is 0 Å². The van der Waals surface area contributed by atoms with E-state index in [4.69, 9.17) is 14.6 Å². The van der Waals surface area contributed by atoms with Gasteiger partial charge in [-0.05, 0) is 19.1 Å². The second kappa shape index (κ2) is 6.46. The Morgan fingerprint density at radius 3 is 3.08 bits per heavy atom. The highest BCUT2D eigenvalue weighted by atomic mass is 32.1. The molecule has 0 saturated carbocycles. The minimum Gasteiger partial charge on any atom is -0.382 e. The Labute approximate surface area is 143 Å². The van der Waals surface area contributed by atoms with E-state index in [0.29, 0.717) is 6.61 Å². The number of pyridine rings is 1. The highest BCUT2D eigenvalue weighted by Gasteiger charge is 2.27. The standard InChI is InChI=1S/C16H19N5O2S/c1-11-7-20(8-13(23-11)10-22-2)16-19-21-9-14(18-15(21)24-16)12-4-3-5-17-6-12/h3-6,9,11,13H,7-8,10H2,1-2H3. The van der Waals surface area contributed by atoms with E-state index >= 15 is 0 Å². The Hall–Kier alpha value is -2.03. The highest BCUT2D eigenvalue weighted by Crippen LogP contribution is 2.28. The van der Waals surface area contributed by atoms with Gasteiger partial charge in [-0.2, -0.15) is 0 Å². The van der Waals surface area contributed by atoms with Crippen molar-refractivity contribution in [3.05, 3.63) is 30.7 Å². The third-order valence-corrected chi connectivity index (χ3v) is 4.92. The summed E-state index contributed by atoms with van der Waals surface area (Å²) in [6, 6.07) is 3.91. The van der Waals surface area contributed by atoms with Gasteiger partial charge in [0.15, 0.2) is 0 Å². The van der Waals surface area contributed by atoms with Crippen LogP contribution in [0.2, 0.25) is 0 Å². The lowest BCUT2D eigenvalue weighted by Crippen LogP contribution is -2.48. The lowest BCUT2D eigenvalue weighted by atomic mass is 10.2. The zero-order valence-electron chi connectivity index (χ0n) is 13.6. The summed E-state index contributed by atoms with van der Waals surface area (Å²) >= 11 is 1.59. The molecule has 0 aromatic carbocycles. The molecule has 1 aliphatic rings. The van der Waals surface area contributed by atoms with Gasteiger partial charge in [0.25, 0.3) is 0 Å². The van der Waals surface area contributed by atoms with Crippen molar-refractivity contribution >= 4 is 21.4 Å². The van der Waals surface area contributed by atoms with Gasteiger partial charge in [0, 0.05) is 38.2 Å². The van der Waals surface area contributed by atoms with Crippen LogP contribution in [0.15, 0.2) is 30.7 Å². The SMILES string of the molecule is COCC1CN(c2nn3cc(-c4cccnc4)nc3s2)CC(C)O1. The molecule has 0 aliphatic carbocycles. The predicted octanol–water partition coefficient (Wildman–Crippen LogP) is 2.09. The fourth-order valence-corrected chi connectivity index (χ4v) is 3.85. The molecule has 2 unspecified atom stereocenters. The quantitative estimate of drug-likeness (QED) is 0.721. The molecule has 2 atom stereocenters. The summed E-state index contributed by atoms with van der Waals surface area (Å²) in [6.45, 7) is 4.28. The van der Waals surface area contributed by atoms with Gasteiger partial charge < -0.3 is 14.4 Å². The summed E-state index contributed by atoms with van der Waals surface area (Å²) in [4.78, 5) is 11.9. The molecule has 24 heavy (non-hydrogen) atoms. The molecule has 126 valence electrons. The van der Waals surface area contributed by atoms with E-state index in [9.17, 15) is 0 Å². The zero-order chi connectivity index (χ0) is 16.5. The van der Waals surface area contributed by atoms with Gasteiger partial charge in [0.1, 0.15) is 0 Å². The van der Waals surface area contributed by atoms with Crippen LogP contribution in [-0.4, -0.2) is 58.6 Å². The average Bonchev–Trinajstić information content (AvgIpc) is 3.14. The summed E-state index contributed by atoms with van der Waals surface area (Å²) in [7, 11) is 1.70. The molecule has 1 aliphatic heterocycles. The van der Waals surface area contributed by atoms with Crippen LogP contribution < -0.4 is 4.90 Å². The monoisotopic (exact) mass is 345 g/mol. The molecule has 3 aromatic rings. The van der Waals surface area contributed by atoms with Gasteiger partial charge in [-0.1, -0.05) is 11.3 Å². The molecular formula is C16H19N5O2S. The molecule has 3 aromatic heterocycles. The van der Waals surface area contributed by atoms with Crippen LogP contribution in [-0.2, 0) is 9.47 Å². The number of hydrogen-bond donors (Lipinski definition) is 0. The maximum Gasteiger partial charge on any atom is 0.214 e. The number of rotatable bonds is 4. The lowest BCUT2D eigenvalue weighted by molar-refractivity contribution is -0.0511. The van der Waals surface area contributed by atoms with E-state index in [1.807, 2.05) is 29.0 Å². The third-order valence-electron chi connectivity index (χ3n) is 3.94. The number of nitrogens with zero attached hydrogens (tertiary/aromatic N) is 5. The molecule has 0 spiro atoms. The second-order valence-electron chi connectivity index (χ2n) is 5.91. The Balaban J connectivity index is 1.58. The summed E-state index contributed by atoms with van der Waals surface area (Å²) in [6.07, 6.45) is 5.74. The van der Waals surface area contributed by atoms with Gasteiger partial charge in [0.2, 0.25) is 10.1 Å². The molecule has 0 radical (unpaired) electrons. The van der Waals surface area contributed by atoms with E-state index < -0.39 is 0 Å². The number of hydrogen-bond acceptors (Lipinski definition) is 7. The van der Waals surface area contributed by atoms with Crippen LogP contribution in [0.25, 0.3) is 16.2 Å². The largest absolute Gasteiger partial charge is 0.382 e. The fraction of sp³-hybridized carbons (Fsp3) is 0.438. The van der Waals surface area contributed by atoms with Gasteiger partial charge in [0.05, 0.1) is 30.7 Å². The Morgan fingerprint density at radius 1 is 1.42 bits per heavy atom. The van der Waals surface area contributed by atoms with Crippen molar-refractivity contribution in [3.8, 4) is 11.3 Å². The number of imidazole rings is 1. The van der Waals surface area contributed by atoms with Crippen molar-refractivity contribution in [2.24, 2.45) is 0 Å². The van der Waals surface area contributed by atoms with E-state index in [1.54, 1.807) is 24.6 Å². The van der Waals surface area contributed by atoms with E-state index in [-0.39, 0.29) is 12.2 Å². The summed E-state index contributed by atoms with van der Waals surface area (Å²) in [5, 5.41) is 5.66. The number of ether oxygens (including phenoxy) is 2. The van der Waals surface area contributed by atoms with Crippen LogP contribution >= 0.6 is 11.3 Å². The van der Waals surface area contributed by atoms with Crippen molar-refractivity contribution in [1.82, 2.24) is 19.6 Å². The molecule has 1 saturated heterocycles. The van der Waals surface area contributed by atoms with Gasteiger partial charge in [-0.25, -0.2) is 9.50 Å². The van der Waals surface area contributed by atoms with Crippen molar-refractivity contribution in [2.75, 3.05) is 31.7 Å². The first-order valence-corrected chi connectivity index (χ1v) is 8.70. The summed E-state index contributed by atoms with van der Waals surface area (Å²) < 4.78 is 13.0. The van der Waals surface area contributed by atoms with Crippen molar-refractivity contribution < 1.29 is 9.47 Å². The highest BCUT2D eigenvalue weighted by molar-refractivity contribution is 7.20. The first-order chi connectivity index (χ1) is 11.7. The van der Waals surface area contributed by atoms with Crippen LogP contribution in [0.3, 0.4) is 0 Å². The molecule has 0 bridgehead atoms. The molecule has 0 amide bonds. The molecule has 0 N–H and O–H groups in total. The number of fused-ring (bicyclic) bond motifs is 1. The summed E-state index contributed by atoms with van der Waals surface area (Å²) in [5.74, 6) is 0. The second-order valence-corrected chi connectivity index (χ2v) is 6.84. The molecule has 1 fully saturated rings. The van der Waals surface area contributed by atoms with Crippen LogP contribution in [0.1, 0.15) is 6.92 Å². The number of methoxy groups -OCH3 is 1. The maximum atomic E-state index is 5.89. The third kappa shape index (κ3) is 3.00. The number of anilines is 1. The average molecular weight is 345 g/mol. The van der Waals surface area contributed by atoms with Gasteiger partial charge in [-0.15, -0.1) is 5.10 Å². The van der Waals surface area contributed by atoms with E-state index in [0.717, 1.165) is 34.4 Å². The first kappa shape index (κ1) is 15.5. The normalized spacial score (nSPS) is 21.5. The van der Waals surface area contributed by atoms with Crippen LogP contribution in [0, 0.1) is 0 Å². The Bertz CT molecular complexity index is 787.